The van der Waals surface area contributed by atoms with Crippen LogP contribution < -0.4 is 10.6 Å². The number of imidazole rings is 1. The highest BCUT2D eigenvalue weighted by molar-refractivity contribution is 6.30. The number of nitrogens with zero attached hydrogens (tertiary/aromatic N) is 5. The second kappa shape index (κ2) is 8.12. The molecule has 2 aliphatic rings. The molecule has 2 saturated carbocycles. The first kappa shape index (κ1) is 20.1. The van der Waals surface area contributed by atoms with Crippen molar-refractivity contribution in [2.24, 2.45) is 5.92 Å². The second-order valence-corrected chi connectivity index (χ2v) is 9.15. The first-order chi connectivity index (χ1) is 16.1. The molecule has 166 valence electrons. The molecule has 4 aromatic heterocycles. The van der Waals surface area contributed by atoms with Crippen molar-refractivity contribution in [3.05, 3.63) is 77.2 Å². The number of aromatic nitrogens is 5. The SMILES string of the molecule is O=C(Nc1cc(NCc2cn3cc(C4CC4)ccc3n2)ncn1)C1CC1c1cc(Cl)ccn1. The number of rotatable bonds is 7. The first-order valence-corrected chi connectivity index (χ1v) is 11.5. The maximum Gasteiger partial charge on any atom is 0.229 e. The zero-order chi connectivity index (χ0) is 22.4. The Bertz CT molecular complexity index is 1350. The van der Waals surface area contributed by atoms with Crippen molar-refractivity contribution in [2.75, 3.05) is 10.6 Å². The minimum absolute atomic E-state index is 0.0711. The number of anilines is 2. The highest BCUT2D eigenvalue weighted by atomic mass is 35.5. The maximum atomic E-state index is 12.6. The van der Waals surface area contributed by atoms with Crippen LogP contribution in [0.2, 0.25) is 5.02 Å². The van der Waals surface area contributed by atoms with Crippen LogP contribution in [0, 0.1) is 5.92 Å². The molecule has 0 aromatic carbocycles. The van der Waals surface area contributed by atoms with Gasteiger partial charge in [-0.1, -0.05) is 17.7 Å². The highest BCUT2D eigenvalue weighted by Crippen LogP contribution is 2.47. The molecule has 0 aliphatic heterocycles. The minimum atomic E-state index is -0.124. The van der Waals surface area contributed by atoms with E-state index in [0.717, 1.165) is 23.5 Å². The molecular weight excluding hydrogens is 438 g/mol. The van der Waals surface area contributed by atoms with E-state index in [1.165, 1.54) is 24.7 Å². The lowest BCUT2D eigenvalue weighted by Gasteiger charge is -2.07. The van der Waals surface area contributed by atoms with Crippen LogP contribution in [0.15, 0.2) is 55.2 Å². The molecule has 2 unspecified atom stereocenters. The van der Waals surface area contributed by atoms with E-state index < -0.39 is 0 Å². The van der Waals surface area contributed by atoms with Gasteiger partial charge in [0.2, 0.25) is 5.91 Å². The van der Waals surface area contributed by atoms with Crippen LogP contribution in [0.4, 0.5) is 11.6 Å². The van der Waals surface area contributed by atoms with Gasteiger partial charge >= 0.3 is 0 Å². The van der Waals surface area contributed by atoms with Gasteiger partial charge in [0.25, 0.3) is 0 Å². The summed E-state index contributed by atoms with van der Waals surface area (Å²) >= 11 is 6.04. The van der Waals surface area contributed by atoms with Crippen molar-refractivity contribution in [3.8, 4) is 0 Å². The Morgan fingerprint density at radius 2 is 1.97 bits per heavy atom. The van der Waals surface area contributed by atoms with E-state index in [1.807, 2.05) is 12.3 Å². The van der Waals surface area contributed by atoms with Crippen molar-refractivity contribution in [3.63, 3.8) is 0 Å². The molecule has 2 aliphatic carbocycles. The van der Waals surface area contributed by atoms with Crippen molar-refractivity contribution in [1.82, 2.24) is 24.3 Å². The van der Waals surface area contributed by atoms with E-state index in [-0.39, 0.29) is 17.7 Å². The van der Waals surface area contributed by atoms with Gasteiger partial charge in [-0.15, -0.1) is 0 Å². The average molecular weight is 460 g/mol. The lowest BCUT2D eigenvalue weighted by atomic mass is 10.2. The number of nitrogens with one attached hydrogen (secondary N) is 2. The van der Waals surface area contributed by atoms with Gasteiger partial charge in [-0.3, -0.25) is 9.78 Å². The molecule has 4 aromatic rings. The van der Waals surface area contributed by atoms with Gasteiger partial charge in [-0.05, 0) is 48.9 Å². The van der Waals surface area contributed by atoms with E-state index >= 15 is 0 Å². The van der Waals surface area contributed by atoms with Crippen molar-refractivity contribution in [2.45, 2.75) is 37.6 Å². The average Bonchev–Trinajstić information content (AvgIpc) is 3.74. The third-order valence-corrected chi connectivity index (χ3v) is 6.43. The molecule has 0 bridgehead atoms. The number of carbonyl (C=O) groups is 1. The van der Waals surface area contributed by atoms with Crippen molar-refractivity contribution < 1.29 is 4.79 Å². The zero-order valence-electron chi connectivity index (χ0n) is 17.8. The molecule has 6 rings (SSSR count). The van der Waals surface area contributed by atoms with Crippen molar-refractivity contribution >= 4 is 34.8 Å². The molecule has 0 spiro atoms. The molecule has 1 amide bonds. The Labute approximate surface area is 195 Å². The molecule has 2 atom stereocenters. The van der Waals surface area contributed by atoms with E-state index in [2.05, 4.69) is 53.3 Å². The molecule has 2 fully saturated rings. The Kier molecular flexibility index (Phi) is 4.95. The molecule has 4 heterocycles. The van der Waals surface area contributed by atoms with Gasteiger partial charge in [0.05, 0.1) is 12.2 Å². The standard InChI is InChI=1S/C24H22ClN7O/c25-16-5-6-26-20(7-16)18-8-19(18)24(33)31-22-9-21(28-13-29-22)27-10-17-12-32-11-15(14-1-2-14)3-4-23(32)30-17/h3-7,9,11-14,18-19H,1-2,8,10H2,(H2,27,28,29,31,33). The van der Waals surface area contributed by atoms with E-state index in [0.29, 0.717) is 29.1 Å². The molecule has 8 nitrogen and oxygen atoms in total. The van der Waals surface area contributed by atoms with Crippen LogP contribution in [0.5, 0.6) is 0 Å². The number of pyridine rings is 2. The Morgan fingerprint density at radius 1 is 1.09 bits per heavy atom. The monoisotopic (exact) mass is 459 g/mol. The first-order valence-electron chi connectivity index (χ1n) is 11.1. The van der Waals surface area contributed by atoms with Crippen LogP contribution in [0.3, 0.4) is 0 Å². The van der Waals surface area contributed by atoms with Crippen molar-refractivity contribution in [1.29, 1.82) is 0 Å². The Hall–Kier alpha value is -3.52. The maximum absolute atomic E-state index is 12.6. The normalized spacial score (nSPS) is 19.4. The summed E-state index contributed by atoms with van der Waals surface area (Å²) in [6.07, 6.45) is 10.6. The number of hydrogen-bond donors (Lipinski definition) is 2. The summed E-state index contributed by atoms with van der Waals surface area (Å²) in [7, 11) is 0. The van der Waals surface area contributed by atoms with E-state index in [4.69, 9.17) is 11.6 Å². The second-order valence-electron chi connectivity index (χ2n) is 8.71. The van der Waals surface area contributed by atoms with Crippen LogP contribution in [0.1, 0.15) is 48.0 Å². The summed E-state index contributed by atoms with van der Waals surface area (Å²) in [6.45, 7) is 0.524. The van der Waals surface area contributed by atoms with Crippen LogP contribution in [-0.2, 0) is 11.3 Å². The predicted molar refractivity (Wildman–Crippen MR) is 125 cm³/mol. The fourth-order valence-electron chi connectivity index (χ4n) is 4.16. The number of carbonyl (C=O) groups excluding carboxylic acids is 1. The van der Waals surface area contributed by atoms with Gasteiger partial charge in [0, 0.05) is 47.2 Å². The van der Waals surface area contributed by atoms with E-state index in [9.17, 15) is 4.79 Å². The van der Waals surface area contributed by atoms with Crippen LogP contribution >= 0.6 is 11.6 Å². The zero-order valence-corrected chi connectivity index (χ0v) is 18.5. The smallest absolute Gasteiger partial charge is 0.229 e. The third kappa shape index (κ3) is 4.39. The van der Waals surface area contributed by atoms with E-state index in [1.54, 1.807) is 18.3 Å². The molecule has 0 saturated heterocycles. The largest absolute Gasteiger partial charge is 0.364 e. The van der Waals surface area contributed by atoms with Crippen LogP contribution in [0.25, 0.3) is 5.65 Å². The number of fused-ring (bicyclic) bond motifs is 1. The third-order valence-electron chi connectivity index (χ3n) is 6.19. The van der Waals surface area contributed by atoms with Crippen LogP contribution in [-0.4, -0.2) is 30.2 Å². The topological polar surface area (TPSA) is 97.1 Å². The van der Waals surface area contributed by atoms with Gasteiger partial charge in [0.15, 0.2) is 0 Å². The summed E-state index contributed by atoms with van der Waals surface area (Å²) in [4.78, 5) is 30.1. The Balaban J connectivity index is 1.08. The highest BCUT2D eigenvalue weighted by Gasteiger charge is 2.45. The van der Waals surface area contributed by atoms with Gasteiger partial charge in [-0.25, -0.2) is 15.0 Å². The molecule has 33 heavy (non-hydrogen) atoms. The molecule has 2 N–H and O–H groups in total. The lowest BCUT2D eigenvalue weighted by molar-refractivity contribution is -0.117. The molecule has 0 radical (unpaired) electrons. The summed E-state index contributed by atoms with van der Waals surface area (Å²) in [5.41, 5.74) is 4.08. The molecule has 9 heteroatoms. The predicted octanol–water partition coefficient (Wildman–Crippen LogP) is 4.40. The number of amides is 1. The fraction of sp³-hybridized carbons (Fsp3) is 0.292. The van der Waals surface area contributed by atoms with Gasteiger partial charge in [-0.2, -0.15) is 0 Å². The van der Waals surface area contributed by atoms with Gasteiger partial charge in [0.1, 0.15) is 23.6 Å². The summed E-state index contributed by atoms with van der Waals surface area (Å²) < 4.78 is 2.08. The lowest BCUT2D eigenvalue weighted by Crippen LogP contribution is -2.16. The minimum Gasteiger partial charge on any atom is -0.364 e. The number of halogens is 1. The summed E-state index contributed by atoms with van der Waals surface area (Å²) in [6, 6.07) is 9.52. The fourth-order valence-corrected chi connectivity index (χ4v) is 4.33. The Morgan fingerprint density at radius 3 is 2.82 bits per heavy atom. The van der Waals surface area contributed by atoms with Gasteiger partial charge < -0.3 is 15.0 Å². The summed E-state index contributed by atoms with van der Waals surface area (Å²) in [5.74, 6) is 1.70. The number of hydrogen-bond acceptors (Lipinski definition) is 6. The quantitative estimate of drug-likeness (QED) is 0.425. The molecular formula is C24H22ClN7O. The summed E-state index contributed by atoms with van der Waals surface area (Å²) in [5, 5.41) is 6.79.